The number of unbranched alkanes of at least 4 members (excludes halogenated alkanes) is 4. The third-order valence-electron chi connectivity index (χ3n) is 12.1. The molecule has 2 saturated heterocycles. The van der Waals surface area contributed by atoms with Gasteiger partial charge in [-0.2, -0.15) is 9.61 Å². The molecule has 0 bridgehead atoms. The normalized spacial score (nSPS) is 17.0. The Hall–Kier alpha value is -6.08. The summed E-state index contributed by atoms with van der Waals surface area (Å²) in [6.45, 7) is 9.91. The monoisotopic (exact) mass is 810 g/mol. The van der Waals surface area contributed by atoms with Crippen LogP contribution in [-0.2, 0) is 27.3 Å². The summed E-state index contributed by atoms with van der Waals surface area (Å²) in [5.41, 5.74) is 8.59. The molecule has 0 saturated carbocycles. The number of carbonyl (C=O) groups is 4. The van der Waals surface area contributed by atoms with E-state index in [9.17, 15) is 19.2 Å². The van der Waals surface area contributed by atoms with E-state index in [-0.39, 0.29) is 43.7 Å². The average molecular weight is 811 g/mol. The van der Waals surface area contributed by atoms with Gasteiger partial charge in [0.2, 0.25) is 11.8 Å². The smallest absolute Gasteiger partial charge is 0.257 e. The highest BCUT2D eigenvalue weighted by atomic mass is 16.5. The Balaban J connectivity index is 0.828. The molecule has 13 nitrogen and oxygen atoms in total. The quantitative estimate of drug-likeness (QED) is 0.0913. The van der Waals surface area contributed by atoms with Gasteiger partial charge >= 0.3 is 0 Å². The molecule has 0 spiro atoms. The molecule has 3 aliphatic heterocycles. The van der Waals surface area contributed by atoms with Crippen molar-refractivity contribution in [2.24, 2.45) is 0 Å². The van der Waals surface area contributed by atoms with Gasteiger partial charge in [0.05, 0.1) is 17.9 Å². The Morgan fingerprint density at radius 1 is 0.883 bits per heavy atom. The van der Waals surface area contributed by atoms with Crippen LogP contribution in [0.25, 0.3) is 28.0 Å². The number of piperidine rings is 1. The van der Waals surface area contributed by atoms with Crippen molar-refractivity contribution in [3.05, 3.63) is 101 Å². The van der Waals surface area contributed by atoms with Gasteiger partial charge in [-0.3, -0.25) is 24.5 Å². The van der Waals surface area contributed by atoms with Crippen molar-refractivity contribution in [1.29, 1.82) is 0 Å². The fourth-order valence-corrected chi connectivity index (χ4v) is 8.77. The minimum atomic E-state index is -0.709. The standard InChI is InChI=1S/C47H54N8O5/c1-3-52-25-27-53(28-26-52)43-29-38(34-17-9-7-10-18-34)49-45-44(32(2)51-55(43)45)35-19-12-11-16-33(35)15-8-5-4-6-13-24-48-42(57)31-60-40-21-14-20-36-37(40)30-54(47(36)59)39-22-23-41(56)50-46(39)58/h7,9-12,14,16-21,29,39H,3-6,8,13,15,22-28,30-31H2,1-2H3,(H,48,57)(H,50,56,58). The van der Waals surface area contributed by atoms with E-state index in [1.807, 2.05) is 6.07 Å². The molecule has 4 amide bonds. The Labute approximate surface area is 351 Å². The molecule has 0 radical (unpaired) electrons. The molecule has 8 rings (SSSR count). The van der Waals surface area contributed by atoms with Gasteiger partial charge in [-0.15, -0.1) is 0 Å². The molecule has 1 atom stereocenters. The van der Waals surface area contributed by atoms with E-state index in [0.29, 0.717) is 23.4 Å². The second-order valence-electron chi connectivity index (χ2n) is 16.0. The third-order valence-corrected chi connectivity index (χ3v) is 12.1. The molecule has 3 aromatic carbocycles. The number of nitrogens with one attached hydrogen (secondary N) is 2. The fraction of sp³-hybridized carbons (Fsp3) is 0.404. The van der Waals surface area contributed by atoms with Crippen LogP contribution >= 0.6 is 0 Å². The van der Waals surface area contributed by atoms with Crippen molar-refractivity contribution in [2.75, 3.05) is 50.8 Å². The van der Waals surface area contributed by atoms with Gasteiger partial charge < -0.3 is 24.8 Å². The zero-order valence-corrected chi connectivity index (χ0v) is 34.6. The van der Waals surface area contributed by atoms with Gasteiger partial charge in [-0.1, -0.05) is 86.8 Å². The number of anilines is 1. The maximum Gasteiger partial charge on any atom is 0.257 e. The number of imide groups is 1. The van der Waals surface area contributed by atoms with E-state index in [1.165, 1.54) is 16.0 Å². The number of ether oxygens (including phenoxy) is 1. The molecule has 2 aromatic heterocycles. The van der Waals surface area contributed by atoms with E-state index in [0.717, 1.165) is 105 Å². The summed E-state index contributed by atoms with van der Waals surface area (Å²) in [6, 6.07) is 25.7. The van der Waals surface area contributed by atoms with Crippen LogP contribution in [0.4, 0.5) is 5.82 Å². The number of hydrogen-bond donors (Lipinski definition) is 2. The SMILES string of the molecule is CCN1CCN(c2cc(-c3ccccc3)nc3c(-c4ccccc4CCCCCCCNC(=O)COc4cccc5c4CN(C4CCC(=O)NC4=O)C5=O)c(C)nn23)CC1. The first-order valence-electron chi connectivity index (χ1n) is 21.5. The molecule has 3 aliphatic rings. The summed E-state index contributed by atoms with van der Waals surface area (Å²) in [7, 11) is 0. The molecule has 2 N–H and O–H groups in total. The van der Waals surface area contributed by atoms with Gasteiger partial charge in [-0.25, -0.2) is 4.98 Å². The molecule has 5 aromatic rings. The lowest BCUT2D eigenvalue weighted by Crippen LogP contribution is -2.52. The van der Waals surface area contributed by atoms with Crippen molar-refractivity contribution in [2.45, 2.75) is 77.8 Å². The zero-order valence-electron chi connectivity index (χ0n) is 34.6. The van der Waals surface area contributed by atoms with Crippen molar-refractivity contribution in [1.82, 2.24) is 35.0 Å². The number of rotatable bonds is 16. The number of aromatic nitrogens is 3. The maximum atomic E-state index is 13.1. The van der Waals surface area contributed by atoms with Gasteiger partial charge in [-0.05, 0) is 62.4 Å². The number of carbonyl (C=O) groups excluding carboxylic acids is 4. The Kier molecular flexibility index (Phi) is 12.5. The van der Waals surface area contributed by atoms with E-state index in [2.05, 4.69) is 93.4 Å². The van der Waals surface area contributed by atoms with Gasteiger partial charge in [0, 0.05) is 67.5 Å². The molecule has 5 heterocycles. The molecule has 13 heteroatoms. The Bertz CT molecular complexity index is 2370. The molecule has 2 fully saturated rings. The number of hydrogen-bond acceptors (Lipinski definition) is 9. The second kappa shape index (κ2) is 18.5. The zero-order chi connectivity index (χ0) is 41.6. The third kappa shape index (κ3) is 8.77. The number of amides is 4. The fourth-order valence-electron chi connectivity index (χ4n) is 8.77. The van der Waals surface area contributed by atoms with Crippen LogP contribution in [0.5, 0.6) is 5.75 Å². The van der Waals surface area contributed by atoms with Crippen LogP contribution in [-0.4, -0.2) is 99.9 Å². The van der Waals surface area contributed by atoms with Crippen LogP contribution in [0.2, 0.25) is 0 Å². The van der Waals surface area contributed by atoms with Gasteiger partial charge in [0.25, 0.3) is 11.8 Å². The molecule has 0 aliphatic carbocycles. The number of benzene rings is 3. The largest absolute Gasteiger partial charge is 0.483 e. The predicted octanol–water partition coefficient (Wildman–Crippen LogP) is 5.96. The van der Waals surface area contributed by atoms with E-state index in [4.69, 9.17) is 14.8 Å². The summed E-state index contributed by atoms with van der Waals surface area (Å²) < 4.78 is 7.93. The maximum absolute atomic E-state index is 13.1. The summed E-state index contributed by atoms with van der Waals surface area (Å²) in [4.78, 5) is 61.6. The highest BCUT2D eigenvalue weighted by molar-refractivity contribution is 6.05. The highest BCUT2D eigenvalue weighted by Gasteiger charge is 2.40. The summed E-state index contributed by atoms with van der Waals surface area (Å²) >= 11 is 0. The minimum Gasteiger partial charge on any atom is -0.483 e. The van der Waals surface area contributed by atoms with Crippen LogP contribution in [0.1, 0.15) is 79.0 Å². The lowest BCUT2D eigenvalue weighted by atomic mass is 9.95. The molecule has 60 heavy (non-hydrogen) atoms. The number of nitrogens with zero attached hydrogens (tertiary/aromatic N) is 6. The first-order valence-corrected chi connectivity index (χ1v) is 21.5. The van der Waals surface area contributed by atoms with Crippen LogP contribution < -0.4 is 20.3 Å². The second-order valence-corrected chi connectivity index (χ2v) is 16.0. The van der Waals surface area contributed by atoms with Crippen molar-refractivity contribution >= 4 is 35.1 Å². The van der Waals surface area contributed by atoms with E-state index < -0.39 is 11.9 Å². The van der Waals surface area contributed by atoms with Crippen LogP contribution in [0.3, 0.4) is 0 Å². The average Bonchev–Trinajstić information content (AvgIpc) is 3.79. The molecule has 1 unspecified atom stereocenters. The van der Waals surface area contributed by atoms with Crippen molar-refractivity contribution < 1.29 is 23.9 Å². The van der Waals surface area contributed by atoms with Gasteiger partial charge in [0.15, 0.2) is 12.3 Å². The number of piperazine rings is 1. The number of likely N-dealkylation sites (N-methyl/N-ethyl adjacent to an activating group) is 1. The number of fused-ring (bicyclic) bond motifs is 2. The lowest BCUT2D eigenvalue weighted by molar-refractivity contribution is -0.137. The van der Waals surface area contributed by atoms with Crippen molar-refractivity contribution in [3.63, 3.8) is 0 Å². The Morgan fingerprint density at radius 2 is 1.63 bits per heavy atom. The highest BCUT2D eigenvalue weighted by Crippen LogP contribution is 2.36. The van der Waals surface area contributed by atoms with Crippen molar-refractivity contribution in [3.8, 4) is 28.1 Å². The first-order chi connectivity index (χ1) is 29.3. The molecule has 312 valence electrons. The minimum absolute atomic E-state index is 0.172. The summed E-state index contributed by atoms with van der Waals surface area (Å²) in [5.74, 6) is 0.238. The van der Waals surface area contributed by atoms with Crippen LogP contribution in [0.15, 0.2) is 78.9 Å². The summed E-state index contributed by atoms with van der Waals surface area (Å²) in [6.07, 6.45) is 6.49. The predicted molar refractivity (Wildman–Crippen MR) is 231 cm³/mol. The molecular formula is C47H54N8O5. The van der Waals surface area contributed by atoms with Crippen LogP contribution in [0, 0.1) is 6.92 Å². The Morgan fingerprint density at radius 3 is 2.43 bits per heavy atom. The summed E-state index contributed by atoms with van der Waals surface area (Å²) in [5, 5.41) is 10.4. The lowest BCUT2D eigenvalue weighted by Gasteiger charge is -2.35. The first kappa shape index (κ1) is 40.7. The van der Waals surface area contributed by atoms with E-state index in [1.54, 1.807) is 18.2 Å². The number of aryl methyl sites for hydroxylation is 2. The molecular weight excluding hydrogens is 757 g/mol. The van der Waals surface area contributed by atoms with E-state index >= 15 is 0 Å². The van der Waals surface area contributed by atoms with Gasteiger partial charge in [0.1, 0.15) is 17.6 Å². The topological polar surface area (TPSA) is 141 Å².